The summed E-state index contributed by atoms with van der Waals surface area (Å²) in [6, 6.07) is 15.0. The van der Waals surface area contributed by atoms with Crippen LogP contribution in [0.4, 0.5) is 5.69 Å². The summed E-state index contributed by atoms with van der Waals surface area (Å²) in [7, 11) is 0. The van der Waals surface area contributed by atoms with Crippen molar-refractivity contribution in [2.45, 2.75) is 20.3 Å². The van der Waals surface area contributed by atoms with Gasteiger partial charge in [0.25, 0.3) is 5.91 Å². The number of hydrogen-bond donors (Lipinski definition) is 3. The first-order valence-corrected chi connectivity index (χ1v) is 8.92. The first-order chi connectivity index (χ1) is 13.1. The van der Waals surface area contributed by atoms with Crippen LogP contribution in [0.2, 0.25) is 0 Å². The van der Waals surface area contributed by atoms with Crippen LogP contribution in [0.1, 0.15) is 18.2 Å². The second-order valence-electron chi connectivity index (χ2n) is 6.27. The number of carbonyl (C=O) groups is 2. The molecule has 0 atom stereocenters. The van der Waals surface area contributed by atoms with Crippen LogP contribution in [0.15, 0.2) is 48.5 Å². The second kappa shape index (κ2) is 8.40. The molecule has 27 heavy (non-hydrogen) atoms. The Morgan fingerprint density at radius 1 is 1.07 bits per heavy atom. The van der Waals surface area contributed by atoms with Crippen LogP contribution in [-0.4, -0.2) is 29.9 Å². The van der Waals surface area contributed by atoms with Gasteiger partial charge in [0.15, 0.2) is 6.61 Å². The summed E-state index contributed by atoms with van der Waals surface area (Å²) in [4.78, 5) is 27.3. The maximum atomic E-state index is 12.5. The maximum absolute atomic E-state index is 12.5. The van der Waals surface area contributed by atoms with E-state index >= 15 is 0 Å². The molecule has 3 aromatic rings. The summed E-state index contributed by atoms with van der Waals surface area (Å²) in [5.74, 6) is 0.243. The Kier molecular flexibility index (Phi) is 5.76. The van der Waals surface area contributed by atoms with Gasteiger partial charge in [-0.05, 0) is 37.6 Å². The number of H-pyrrole nitrogens is 1. The van der Waals surface area contributed by atoms with Gasteiger partial charge in [0.1, 0.15) is 5.75 Å². The van der Waals surface area contributed by atoms with E-state index in [9.17, 15) is 9.59 Å². The van der Waals surface area contributed by atoms with E-state index in [1.54, 1.807) is 24.3 Å². The summed E-state index contributed by atoms with van der Waals surface area (Å²) in [6.07, 6.45) is 0.278. The Hall–Kier alpha value is -3.28. The minimum atomic E-state index is -0.179. The predicted molar refractivity (Wildman–Crippen MR) is 106 cm³/mol. The van der Waals surface area contributed by atoms with Crippen LogP contribution >= 0.6 is 0 Å². The van der Waals surface area contributed by atoms with Crippen molar-refractivity contribution in [1.82, 2.24) is 10.3 Å². The quantitative estimate of drug-likeness (QED) is 0.601. The average molecular weight is 365 g/mol. The third kappa shape index (κ3) is 4.67. The van der Waals surface area contributed by atoms with Crippen molar-refractivity contribution < 1.29 is 14.3 Å². The van der Waals surface area contributed by atoms with Gasteiger partial charge >= 0.3 is 0 Å². The molecule has 0 aliphatic carbocycles. The molecule has 6 heteroatoms. The number of hydrogen-bond acceptors (Lipinski definition) is 3. The summed E-state index contributed by atoms with van der Waals surface area (Å²) in [5, 5.41) is 6.62. The highest BCUT2D eigenvalue weighted by molar-refractivity contribution is 5.96. The van der Waals surface area contributed by atoms with Crippen molar-refractivity contribution in [3.05, 3.63) is 59.8 Å². The van der Waals surface area contributed by atoms with Gasteiger partial charge in [0.2, 0.25) is 5.91 Å². The van der Waals surface area contributed by atoms with Gasteiger partial charge in [-0.1, -0.05) is 24.3 Å². The van der Waals surface area contributed by atoms with E-state index in [-0.39, 0.29) is 24.8 Å². The molecule has 140 valence electrons. The number of nitrogens with one attached hydrogen (secondary N) is 3. The van der Waals surface area contributed by atoms with Crippen molar-refractivity contribution in [2.24, 2.45) is 0 Å². The maximum Gasteiger partial charge on any atom is 0.257 e. The van der Waals surface area contributed by atoms with E-state index in [0.29, 0.717) is 18.0 Å². The minimum absolute atomic E-state index is 0.0558. The van der Waals surface area contributed by atoms with Gasteiger partial charge in [-0.25, -0.2) is 0 Å². The largest absolute Gasteiger partial charge is 0.484 e. The van der Waals surface area contributed by atoms with Gasteiger partial charge in [-0.3, -0.25) is 9.59 Å². The number of likely N-dealkylation sites (N-methyl/N-ethyl adjacent to an activating group) is 1. The molecule has 3 rings (SSSR count). The average Bonchev–Trinajstić information content (AvgIpc) is 2.96. The van der Waals surface area contributed by atoms with Crippen LogP contribution in [0.5, 0.6) is 5.75 Å². The number of benzene rings is 2. The van der Waals surface area contributed by atoms with E-state index in [1.165, 1.54) is 0 Å². The van der Waals surface area contributed by atoms with E-state index in [2.05, 4.69) is 15.6 Å². The molecule has 2 amide bonds. The molecule has 1 heterocycles. The number of anilines is 1. The van der Waals surface area contributed by atoms with Gasteiger partial charge in [-0.2, -0.15) is 0 Å². The minimum Gasteiger partial charge on any atom is -0.484 e. The van der Waals surface area contributed by atoms with E-state index in [0.717, 1.165) is 22.2 Å². The second-order valence-corrected chi connectivity index (χ2v) is 6.27. The molecule has 0 unspecified atom stereocenters. The Morgan fingerprint density at radius 3 is 2.70 bits per heavy atom. The van der Waals surface area contributed by atoms with Crippen molar-refractivity contribution in [1.29, 1.82) is 0 Å². The molecule has 1 aromatic heterocycles. The number of amides is 2. The Morgan fingerprint density at radius 2 is 1.89 bits per heavy atom. The van der Waals surface area contributed by atoms with E-state index < -0.39 is 0 Å². The molecule has 0 spiro atoms. The number of rotatable bonds is 7. The molecule has 0 fully saturated rings. The third-order valence-corrected chi connectivity index (χ3v) is 4.23. The molecule has 0 aliphatic heterocycles. The van der Waals surface area contributed by atoms with Crippen molar-refractivity contribution in [3.8, 4) is 5.75 Å². The number of fused-ring (bicyclic) bond motifs is 1. The van der Waals surface area contributed by atoms with Crippen LogP contribution in [-0.2, 0) is 16.0 Å². The fourth-order valence-electron chi connectivity index (χ4n) is 2.99. The zero-order valence-corrected chi connectivity index (χ0v) is 15.5. The normalized spacial score (nSPS) is 10.6. The molecule has 0 radical (unpaired) electrons. The molecule has 0 saturated heterocycles. The lowest BCUT2D eigenvalue weighted by Gasteiger charge is -2.09. The molecule has 0 saturated carbocycles. The lowest BCUT2D eigenvalue weighted by molar-refractivity contribution is -0.123. The predicted octanol–water partition coefficient (Wildman–Crippen LogP) is 3.17. The fourth-order valence-corrected chi connectivity index (χ4v) is 2.99. The Bertz CT molecular complexity index is 962. The van der Waals surface area contributed by atoms with Crippen LogP contribution < -0.4 is 15.4 Å². The standard InChI is InChI=1S/C21H23N3O3/c1-3-22-21(26)13-27-16-8-6-7-15(11-16)24-20(25)12-18-14(2)23-19-10-5-4-9-17(18)19/h4-11,23H,3,12-13H2,1-2H3,(H,22,26)(H,24,25). The molecular formula is C21H23N3O3. The summed E-state index contributed by atoms with van der Waals surface area (Å²) in [5.41, 5.74) is 3.64. The van der Waals surface area contributed by atoms with Crippen molar-refractivity contribution in [3.63, 3.8) is 0 Å². The van der Waals surface area contributed by atoms with Gasteiger partial charge in [0, 0.05) is 34.9 Å². The number of ether oxygens (including phenoxy) is 1. The topological polar surface area (TPSA) is 83.2 Å². The number of aryl methyl sites for hydroxylation is 1. The molecule has 2 aromatic carbocycles. The number of para-hydroxylation sites is 1. The first-order valence-electron chi connectivity index (χ1n) is 8.92. The van der Waals surface area contributed by atoms with Crippen LogP contribution in [0.3, 0.4) is 0 Å². The lowest BCUT2D eigenvalue weighted by atomic mass is 10.1. The highest BCUT2D eigenvalue weighted by Crippen LogP contribution is 2.23. The summed E-state index contributed by atoms with van der Waals surface area (Å²) >= 11 is 0. The lowest BCUT2D eigenvalue weighted by Crippen LogP contribution is -2.28. The molecule has 0 bridgehead atoms. The molecule has 6 nitrogen and oxygen atoms in total. The van der Waals surface area contributed by atoms with Crippen molar-refractivity contribution in [2.75, 3.05) is 18.5 Å². The first kappa shape index (κ1) is 18.5. The number of aromatic amines is 1. The smallest absolute Gasteiger partial charge is 0.257 e. The van der Waals surface area contributed by atoms with Gasteiger partial charge < -0.3 is 20.4 Å². The number of aromatic nitrogens is 1. The highest BCUT2D eigenvalue weighted by atomic mass is 16.5. The van der Waals surface area contributed by atoms with Gasteiger partial charge in [-0.15, -0.1) is 0 Å². The Labute approximate surface area is 157 Å². The van der Waals surface area contributed by atoms with E-state index in [1.807, 2.05) is 38.1 Å². The third-order valence-electron chi connectivity index (χ3n) is 4.23. The van der Waals surface area contributed by atoms with Gasteiger partial charge in [0.05, 0.1) is 6.42 Å². The van der Waals surface area contributed by atoms with Crippen LogP contribution in [0, 0.1) is 6.92 Å². The zero-order valence-electron chi connectivity index (χ0n) is 15.5. The summed E-state index contributed by atoms with van der Waals surface area (Å²) < 4.78 is 5.46. The number of carbonyl (C=O) groups excluding carboxylic acids is 2. The highest BCUT2D eigenvalue weighted by Gasteiger charge is 2.12. The van der Waals surface area contributed by atoms with Crippen molar-refractivity contribution >= 4 is 28.4 Å². The summed E-state index contributed by atoms with van der Waals surface area (Å²) in [6.45, 7) is 4.33. The van der Waals surface area contributed by atoms with Crippen LogP contribution in [0.25, 0.3) is 10.9 Å². The fraction of sp³-hybridized carbons (Fsp3) is 0.238. The molecular weight excluding hydrogens is 342 g/mol. The monoisotopic (exact) mass is 365 g/mol. The SMILES string of the molecule is CCNC(=O)COc1cccc(NC(=O)Cc2c(C)[nH]c3ccccc23)c1. The molecule has 0 aliphatic rings. The zero-order chi connectivity index (χ0) is 19.2. The molecule has 3 N–H and O–H groups in total. The van der Waals surface area contributed by atoms with E-state index in [4.69, 9.17) is 4.74 Å². The Balaban J connectivity index is 1.65.